The molecule has 35 heavy (non-hydrogen) atoms. The van der Waals surface area contributed by atoms with Gasteiger partial charge in [0, 0.05) is 48.7 Å². The van der Waals surface area contributed by atoms with E-state index in [4.69, 9.17) is 4.52 Å². The van der Waals surface area contributed by atoms with Gasteiger partial charge in [-0.3, -0.25) is 19.0 Å². The maximum Gasteiger partial charge on any atom is 0.274 e. The summed E-state index contributed by atoms with van der Waals surface area (Å²) in [4.78, 5) is 37.8. The lowest BCUT2D eigenvalue weighted by molar-refractivity contribution is 0.0957. The van der Waals surface area contributed by atoms with Crippen molar-refractivity contribution in [2.24, 2.45) is 0 Å². The molecule has 0 atom stereocenters. The van der Waals surface area contributed by atoms with E-state index in [0.717, 1.165) is 22.3 Å². The van der Waals surface area contributed by atoms with E-state index in [-0.39, 0.29) is 11.8 Å². The predicted octanol–water partition coefficient (Wildman–Crippen LogP) is 3.68. The van der Waals surface area contributed by atoms with Gasteiger partial charge in [0.1, 0.15) is 17.0 Å². The number of hydrogen-bond donors (Lipinski definition) is 2. The van der Waals surface area contributed by atoms with E-state index in [1.165, 1.54) is 6.20 Å². The first-order valence-corrected chi connectivity index (χ1v) is 10.8. The van der Waals surface area contributed by atoms with Crippen molar-refractivity contribution in [1.29, 1.82) is 0 Å². The predicted molar refractivity (Wildman–Crippen MR) is 129 cm³/mol. The van der Waals surface area contributed by atoms with Gasteiger partial charge >= 0.3 is 0 Å². The Morgan fingerprint density at radius 1 is 0.914 bits per heavy atom. The van der Waals surface area contributed by atoms with Crippen LogP contribution in [0.2, 0.25) is 0 Å². The first kappa shape index (κ1) is 22.0. The second-order valence-electron chi connectivity index (χ2n) is 7.92. The molecular weight excluding hydrogens is 446 g/mol. The van der Waals surface area contributed by atoms with E-state index in [0.29, 0.717) is 34.4 Å². The zero-order valence-electron chi connectivity index (χ0n) is 19.2. The fourth-order valence-corrected chi connectivity index (χ4v) is 3.64. The Kier molecular flexibility index (Phi) is 5.54. The largest absolute Gasteiger partial charge is 0.354 e. The fraction of sp³-hybridized carbons (Fsp3) is 0.120. The molecule has 10 nitrogen and oxygen atoms in total. The topological polar surface area (TPSA) is 127 Å². The Hall–Kier alpha value is -4.86. The van der Waals surface area contributed by atoms with Gasteiger partial charge in [-0.15, -0.1) is 0 Å². The van der Waals surface area contributed by atoms with Gasteiger partial charge in [0.15, 0.2) is 0 Å². The minimum atomic E-state index is -0.313. The van der Waals surface area contributed by atoms with Gasteiger partial charge in [-0.05, 0) is 36.8 Å². The van der Waals surface area contributed by atoms with E-state index >= 15 is 0 Å². The van der Waals surface area contributed by atoms with E-state index in [9.17, 15) is 9.59 Å². The Bertz CT molecular complexity index is 1570. The standard InChI is InChI=1S/C25H21N7O3/c1-14-4-5-16(23-29-15(2)35-31-23)10-20(14)30-25(34)21-12-28-22-9-7-18(13-32(21)22)17-6-8-19(27-11-17)24(33)26-3/h4-13H,1-3H3,(H,26,33)(H,30,34). The molecule has 5 aromatic rings. The van der Waals surface area contributed by atoms with Gasteiger partial charge in [-0.1, -0.05) is 23.4 Å². The number of aromatic nitrogens is 5. The van der Waals surface area contributed by atoms with Crippen LogP contribution in [0, 0.1) is 13.8 Å². The Labute approximate surface area is 200 Å². The highest BCUT2D eigenvalue weighted by Gasteiger charge is 2.16. The van der Waals surface area contributed by atoms with Crippen molar-refractivity contribution in [3.63, 3.8) is 0 Å². The third-order valence-corrected chi connectivity index (χ3v) is 5.57. The Morgan fingerprint density at radius 3 is 2.43 bits per heavy atom. The lowest BCUT2D eigenvalue weighted by Crippen LogP contribution is -2.18. The summed E-state index contributed by atoms with van der Waals surface area (Å²) in [6.45, 7) is 3.63. The number of amides is 2. The molecule has 4 heterocycles. The molecule has 1 aromatic carbocycles. The average Bonchev–Trinajstić information content (AvgIpc) is 3.51. The summed E-state index contributed by atoms with van der Waals surface area (Å²) in [6.07, 6.45) is 4.97. The molecular formula is C25H21N7O3. The van der Waals surface area contributed by atoms with E-state index in [1.54, 1.807) is 30.6 Å². The average molecular weight is 467 g/mol. The summed E-state index contributed by atoms with van der Waals surface area (Å²) in [5.74, 6) is 0.348. The maximum absolute atomic E-state index is 13.2. The number of nitrogens with one attached hydrogen (secondary N) is 2. The van der Waals surface area contributed by atoms with Crippen molar-refractivity contribution >= 4 is 23.1 Å². The number of carbonyl (C=O) groups is 2. The zero-order chi connectivity index (χ0) is 24.5. The van der Waals surface area contributed by atoms with Gasteiger partial charge in [0.25, 0.3) is 11.8 Å². The summed E-state index contributed by atoms with van der Waals surface area (Å²) in [5.41, 5.74) is 5.21. The molecule has 0 saturated heterocycles. The molecule has 174 valence electrons. The second-order valence-corrected chi connectivity index (χ2v) is 7.92. The summed E-state index contributed by atoms with van der Waals surface area (Å²) in [6, 6.07) is 12.7. The monoisotopic (exact) mass is 467 g/mol. The lowest BCUT2D eigenvalue weighted by atomic mass is 10.1. The normalized spacial score (nSPS) is 10.9. The van der Waals surface area contributed by atoms with Crippen LogP contribution < -0.4 is 10.6 Å². The van der Waals surface area contributed by atoms with Crippen molar-refractivity contribution in [2.45, 2.75) is 13.8 Å². The van der Waals surface area contributed by atoms with Crippen LogP contribution in [0.25, 0.3) is 28.2 Å². The summed E-state index contributed by atoms with van der Waals surface area (Å²) in [5, 5.41) is 9.46. The number of rotatable bonds is 5. The molecule has 0 spiro atoms. The number of nitrogens with zero attached hydrogens (tertiary/aromatic N) is 5. The number of carbonyl (C=O) groups excluding carboxylic acids is 2. The molecule has 5 rings (SSSR count). The van der Waals surface area contributed by atoms with Crippen LogP contribution >= 0.6 is 0 Å². The maximum atomic E-state index is 13.2. The van der Waals surface area contributed by atoms with E-state index < -0.39 is 0 Å². The van der Waals surface area contributed by atoms with Crippen molar-refractivity contribution in [1.82, 2.24) is 29.8 Å². The number of hydrogen-bond acceptors (Lipinski definition) is 7. The molecule has 0 aliphatic rings. The van der Waals surface area contributed by atoms with E-state index in [2.05, 4.69) is 30.7 Å². The molecule has 0 aliphatic heterocycles. The van der Waals surface area contributed by atoms with Gasteiger partial charge in [0.2, 0.25) is 11.7 Å². The highest BCUT2D eigenvalue weighted by atomic mass is 16.5. The highest BCUT2D eigenvalue weighted by molar-refractivity contribution is 6.04. The fourth-order valence-electron chi connectivity index (χ4n) is 3.64. The first-order chi connectivity index (χ1) is 16.9. The molecule has 4 aromatic heterocycles. The summed E-state index contributed by atoms with van der Waals surface area (Å²) in [7, 11) is 1.56. The zero-order valence-corrected chi connectivity index (χ0v) is 19.2. The molecule has 2 N–H and O–H groups in total. The molecule has 0 unspecified atom stereocenters. The first-order valence-electron chi connectivity index (χ1n) is 10.8. The third kappa shape index (κ3) is 4.24. The minimum Gasteiger partial charge on any atom is -0.354 e. The number of imidazole rings is 1. The highest BCUT2D eigenvalue weighted by Crippen LogP contribution is 2.25. The molecule has 2 amide bonds. The van der Waals surface area contributed by atoms with Crippen LogP contribution in [-0.2, 0) is 0 Å². The lowest BCUT2D eigenvalue weighted by Gasteiger charge is -2.10. The van der Waals surface area contributed by atoms with Gasteiger partial charge in [-0.2, -0.15) is 4.98 Å². The number of anilines is 1. The van der Waals surface area contributed by atoms with Crippen LogP contribution in [0.3, 0.4) is 0 Å². The van der Waals surface area contributed by atoms with Crippen LogP contribution in [0.15, 0.2) is 65.6 Å². The number of fused-ring (bicyclic) bond motifs is 1. The molecule has 0 radical (unpaired) electrons. The Balaban J connectivity index is 1.44. The van der Waals surface area contributed by atoms with Crippen molar-refractivity contribution in [2.75, 3.05) is 12.4 Å². The number of pyridine rings is 2. The second kappa shape index (κ2) is 8.82. The Morgan fingerprint density at radius 2 is 1.71 bits per heavy atom. The van der Waals surface area contributed by atoms with Crippen molar-refractivity contribution in [3.8, 4) is 22.5 Å². The van der Waals surface area contributed by atoms with Crippen LogP contribution in [0.5, 0.6) is 0 Å². The molecule has 10 heteroatoms. The van der Waals surface area contributed by atoms with Crippen molar-refractivity contribution < 1.29 is 14.1 Å². The summed E-state index contributed by atoms with van der Waals surface area (Å²) >= 11 is 0. The molecule has 0 fully saturated rings. The smallest absolute Gasteiger partial charge is 0.274 e. The summed E-state index contributed by atoms with van der Waals surface area (Å²) < 4.78 is 6.79. The number of aryl methyl sites for hydroxylation is 2. The molecule has 0 bridgehead atoms. The van der Waals surface area contributed by atoms with E-state index in [1.807, 2.05) is 49.5 Å². The SMILES string of the molecule is CNC(=O)c1ccc(-c2ccc3ncc(C(=O)Nc4cc(-c5noc(C)n5)ccc4C)n3c2)cn1. The van der Waals surface area contributed by atoms with Crippen LogP contribution in [0.4, 0.5) is 5.69 Å². The van der Waals surface area contributed by atoms with Gasteiger partial charge in [-0.25, -0.2) is 4.98 Å². The van der Waals surface area contributed by atoms with Gasteiger partial charge < -0.3 is 15.2 Å². The van der Waals surface area contributed by atoms with Crippen LogP contribution in [-0.4, -0.2) is 43.4 Å². The van der Waals surface area contributed by atoms with Gasteiger partial charge in [0.05, 0.1) is 6.20 Å². The molecule has 0 saturated carbocycles. The third-order valence-electron chi connectivity index (χ3n) is 5.57. The quantitative estimate of drug-likeness (QED) is 0.404. The molecule has 0 aliphatic carbocycles. The minimum absolute atomic E-state index is 0.255. The number of benzene rings is 1. The van der Waals surface area contributed by atoms with Crippen LogP contribution in [0.1, 0.15) is 32.4 Å². The van der Waals surface area contributed by atoms with Crippen molar-refractivity contribution in [3.05, 3.63) is 83.9 Å².